The minimum absolute atomic E-state index is 0.0620. The van der Waals surface area contributed by atoms with E-state index in [1.54, 1.807) is 30.0 Å². The van der Waals surface area contributed by atoms with Gasteiger partial charge in [0, 0.05) is 24.9 Å². The van der Waals surface area contributed by atoms with Crippen LogP contribution >= 0.6 is 11.6 Å². The smallest absolute Gasteiger partial charge is 0.410 e. The van der Waals surface area contributed by atoms with E-state index in [-0.39, 0.29) is 30.7 Å². The predicted molar refractivity (Wildman–Crippen MR) is 138 cm³/mol. The highest BCUT2D eigenvalue weighted by molar-refractivity contribution is 7.91. The SMILES string of the molecule is [C-]#[N+]c1ccc(Nc2ncnc(OC3C4CN(C(=O)OC5(C)CCC5)CC3CS(=O)(=O)C4)c2C)c(Cl)c1. The normalized spacial score (nSPS) is 25.4. The van der Waals surface area contributed by atoms with E-state index in [2.05, 4.69) is 20.1 Å². The number of nitrogens with one attached hydrogen (secondary N) is 1. The number of rotatable bonds is 5. The molecule has 5 rings (SSSR count). The van der Waals surface area contributed by atoms with Crippen LogP contribution in [0.15, 0.2) is 24.5 Å². The van der Waals surface area contributed by atoms with Crippen molar-refractivity contribution in [1.29, 1.82) is 0 Å². The molecule has 0 spiro atoms. The fourth-order valence-corrected chi connectivity index (χ4v) is 7.51. The molecular formula is C25H28ClN5O5S. The first kappa shape index (κ1) is 25.5. The summed E-state index contributed by atoms with van der Waals surface area (Å²) < 4.78 is 37.2. The number of carbonyl (C=O) groups is 1. The van der Waals surface area contributed by atoms with Gasteiger partial charge in [-0.3, -0.25) is 0 Å². The summed E-state index contributed by atoms with van der Waals surface area (Å²) in [6.45, 7) is 11.3. The Balaban J connectivity index is 1.33. The van der Waals surface area contributed by atoms with Crippen LogP contribution < -0.4 is 10.1 Å². The Morgan fingerprint density at radius 2 is 1.95 bits per heavy atom. The number of hydrogen-bond donors (Lipinski definition) is 1. The molecule has 1 N–H and O–H groups in total. The standard InChI is InChI=1S/C25H28ClN5O5S/c1-15-22(30-20-6-5-18(27-3)9-19(20)26)28-14-29-23(15)35-21-16-10-31(11-17(21)13-37(33,34)12-16)24(32)36-25(2)7-4-8-25/h5-6,9,14,16-17,21H,4,7-8,10-13H2,1-2H3,(H,28,29,30). The van der Waals surface area contributed by atoms with E-state index in [4.69, 9.17) is 27.6 Å². The van der Waals surface area contributed by atoms with Crippen molar-refractivity contribution in [2.24, 2.45) is 11.8 Å². The molecule has 1 saturated carbocycles. The molecule has 2 atom stereocenters. The molecule has 2 unspecified atom stereocenters. The number of amides is 1. The minimum Gasteiger partial charge on any atom is -0.473 e. The Kier molecular flexibility index (Phi) is 6.66. The Morgan fingerprint density at radius 1 is 1.24 bits per heavy atom. The first-order valence-electron chi connectivity index (χ1n) is 12.2. The van der Waals surface area contributed by atoms with Gasteiger partial charge in [0.15, 0.2) is 15.5 Å². The lowest BCUT2D eigenvalue weighted by Crippen LogP contribution is -2.61. The lowest BCUT2D eigenvalue weighted by Gasteiger charge is -2.47. The number of piperidine rings is 1. The van der Waals surface area contributed by atoms with Crippen molar-refractivity contribution < 1.29 is 22.7 Å². The third kappa shape index (κ3) is 5.31. The second kappa shape index (κ2) is 9.65. The second-order valence-electron chi connectivity index (χ2n) is 10.3. The molecule has 12 heteroatoms. The minimum atomic E-state index is -3.25. The van der Waals surface area contributed by atoms with Gasteiger partial charge in [0.05, 0.1) is 34.4 Å². The van der Waals surface area contributed by atoms with Crippen molar-refractivity contribution in [3.8, 4) is 5.88 Å². The zero-order valence-electron chi connectivity index (χ0n) is 20.6. The fourth-order valence-electron chi connectivity index (χ4n) is 5.25. The van der Waals surface area contributed by atoms with E-state index in [9.17, 15) is 13.2 Å². The number of hydrogen-bond acceptors (Lipinski definition) is 8. The summed E-state index contributed by atoms with van der Waals surface area (Å²) in [7, 11) is -3.25. The molecule has 3 aliphatic rings. The molecule has 37 heavy (non-hydrogen) atoms. The molecule has 1 amide bonds. The van der Waals surface area contributed by atoms with Crippen LogP contribution in [0, 0.1) is 25.3 Å². The van der Waals surface area contributed by atoms with E-state index >= 15 is 0 Å². The highest BCUT2D eigenvalue weighted by Crippen LogP contribution is 2.39. The van der Waals surface area contributed by atoms with Crippen molar-refractivity contribution in [2.45, 2.75) is 44.8 Å². The maximum atomic E-state index is 12.9. The van der Waals surface area contributed by atoms with Crippen LogP contribution in [0.1, 0.15) is 31.7 Å². The summed E-state index contributed by atoms with van der Waals surface area (Å²) in [4.78, 5) is 26.5. The summed E-state index contributed by atoms with van der Waals surface area (Å²) in [5.41, 5.74) is 1.22. The number of aromatic nitrogens is 2. The number of sulfone groups is 1. The van der Waals surface area contributed by atoms with Crippen LogP contribution in [0.3, 0.4) is 0 Å². The maximum absolute atomic E-state index is 12.9. The van der Waals surface area contributed by atoms with E-state index in [0.29, 0.717) is 33.7 Å². The van der Waals surface area contributed by atoms with Crippen LogP contribution in [-0.4, -0.2) is 65.7 Å². The van der Waals surface area contributed by atoms with Crippen molar-refractivity contribution in [3.63, 3.8) is 0 Å². The van der Waals surface area contributed by atoms with Crippen molar-refractivity contribution in [1.82, 2.24) is 14.9 Å². The Labute approximate surface area is 221 Å². The van der Waals surface area contributed by atoms with Crippen LogP contribution in [0.4, 0.5) is 22.0 Å². The molecule has 3 fully saturated rings. The Morgan fingerprint density at radius 3 is 2.54 bits per heavy atom. The lowest BCUT2D eigenvalue weighted by atomic mass is 9.82. The van der Waals surface area contributed by atoms with E-state index in [1.165, 1.54) is 6.33 Å². The topological polar surface area (TPSA) is 115 Å². The van der Waals surface area contributed by atoms with Gasteiger partial charge in [0.2, 0.25) is 5.88 Å². The largest absolute Gasteiger partial charge is 0.473 e. The molecule has 1 aromatic carbocycles. The Hall–Kier alpha value is -3.10. The molecule has 1 aromatic heterocycles. The van der Waals surface area contributed by atoms with Gasteiger partial charge in [-0.1, -0.05) is 17.7 Å². The number of fused-ring (bicyclic) bond motifs is 2. The average Bonchev–Trinajstić information content (AvgIpc) is 2.81. The molecule has 196 valence electrons. The average molecular weight is 546 g/mol. The molecular weight excluding hydrogens is 518 g/mol. The van der Waals surface area contributed by atoms with Crippen LogP contribution in [-0.2, 0) is 14.6 Å². The number of carbonyl (C=O) groups excluding carboxylic acids is 1. The van der Waals surface area contributed by atoms with Gasteiger partial charge in [-0.2, -0.15) is 0 Å². The molecule has 0 radical (unpaired) electrons. The first-order valence-corrected chi connectivity index (χ1v) is 14.4. The molecule has 2 bridgehead atoms. The zero-order valence-corrected chi connectivity index (χ0v) is 22.2. The summed E-state index contributed by atoms with van der Waals surface area (Å²) in [6, 6.07) is 4.92. The number of likely N-dealkylation sites (tertiary alicyclic amines) is 1. The third-order valence-corrected chi connectivity index (χ3v) is 9.58. The highest BCUT2D eigenvalue weighted by Gasteiger charge is 2.49. The van der Waals surface area contributed by atoms with Gasteiger partial charge >= 0.3 is 6.09 Å². The van der Waals surface area contributed by atoms with E-state index in [0.717, 1.165) is 19.3 Å². The maximum Gasteiger partial charge on any atom is 0.410 e. The third-order valence-electron chi connectivity index (χ3n) is 7.40. The first-order chi connectivity index (χ1) is 17.6. The van der Waals surface area contributed by atoms with Crippen molar-refractivity contribution in [2.75, 3.05) is 29.9 Å². The van der Waals surface area contributed by atoms with E-state index < -0.39 is 33.4 Å². The summed E-state index contributed by atoms with van der Waals surface area (Å²) in [5.74, 6) is -0.110. The zero-order chi connectivity index (χ0) is 26.4. The molecule has 2 saturated heterocycles. The number of ether oxygens (including phenoxy) is 2. The second-order valence-corrected chi connectivity index (χ2v) is 12.9. The number of benzene rings is 1. The molecule has 2 aromatic rings. The number of halogens is 1. The molecule has 2 aliphatic heterocycles. The van der Waals surface area contributed by atoms with Gasteiger partial charge in [-0.15, -0.1) is 0 Å². The van der Waals surface area contributed by atoms with Crippen LogP contribution in [0.2, 0.25) is 5.02 Å². The predicted octanol–water partition coefficient (Wildman–Crippen LogP) is 4.54. The van der Waals surface area contributed by atoms with E-state index in [1.807, 2.05) is 6.92 Å². The van der Waals surface area contributed by atoms with Gasteiger partial charge in [-0.05, 0) is 45.2 Å². The van der Waals surface area contributed by atoms with Crippen LogP contribution in [0.5, 0.6) is 5.88 Å². The van der Waals surface area contributed by atoms with Gasteiger partial charge in [-0.25, -0.2) is 28.0 Å². The monoisotopic (exact) mass is 545 g/mol. The van der Waals surface area contributed by atoms with Gasteiger partial charge in [0.1, 0.15) is 23.9 Å². The number of nitrogens with zero attached hydrogens (tertiary/aromatic N) is 4. The number of anilines is 2. The fraction of sp³-hybridized carbons (Fsp3) is 0.520. The van der Waals surface area contributed by atoms with Crippen LogP contribution in [0.25, 0.3) is 4.85 Å². The summed E-state index contributed by atoms with van der Waals surface area (Å²) >= 11 is 6.31. The molecule has 1 aliphatic carbocycles. The quantitative estimate of drug-likeness (QED) is 0.545. The van der Waals surface area contributed by atoms with Crippen molar-refractivity contribution in [3.05, 3.63) is 46.5 Å². The lowest BCUT2D eigenvalue weighted by molar-refractivity contribution is -0.0633. The molecule has 3 heterocycles. The summed E-state index contributed by atoms with van der Waals surface area (Å²) in [5, 5.41) is 3.53. The summed E-state index contributed by atoms with van der Waals surface area (Å²) in [6.07, 6.45) is 3.28. The van der Waals surface area contributed by atoms with Gasteiger partial charge < -0.3 is 19.7 Å². The Bertz CT molecular complexity index is 1350. The molecule has 10 nitrogen and oxygen atoms in total. The van der Waals surface area contributed by atoms with Crippen molar-refractivity contribution >= 4 is 44.7 Å². The highest BCUT2D eigenvalue weighted by atomic mass is 35.5. The van der Waals surface area contributed by atoms with Gasteiger partial charge in [0.25, 0.3) is 0 Å².